The number of phenolic OH excluding ortho intramolecular Hbond substituents is 2. The molecule has 9 nitrogen and oxygen atoms in total. The van der Waals surface area contributed by atoms with Crippen molar-refractivity contribution in [3.8, 4) is 28.7 Å². The molecular formula is C31H41NO8. The smallest absolute Gasteiger partial charge is 0.222 e. The van der Waals surface area contributed by atoms with Crippen molar-refractivity contribution >= 4 is 5.91 Å². The van der Waals surface area contributed by atoms with E-state index in [0.29, 0.717) is 49.4 Å². The molecule has 218 valence electrons. The van der Waals surface area contributed by atoms with Crippen LogP contribution >= 0.6 is 0 Å². The summed E-state index contributed by atoms with van der Waals surface area (Å²) in [5.41, 5.74) is 1.79. The first-order valence-electron chi connectivity index (χ1n) is 14.4. The molecule has 9 heteroatoms. The molecular weight excluding hydrogens is 514 g/mol. The van der Waals surface area contributed by atoms with E-state index in [4.69, 9.17) is 18.9 Å². The predicted octanol–water partition coefficient (Wildman–Crippen LogP) is 4.50. The van der Waals surface area contributed by atoms with Crippen molar-refractivity contribution < 1.29 is 39.1 Å². The van der Waals surface area contributed by atoms with E-state index in [-0.39, 0.29) is 41.6 Å². The number of phenols is 2. The van der Waals surface area contributed by atoms with Gasteiger partial charge in [-0.3, -0.25) is 4.79 Å². The SMILES string of the molecule is COc1cc(CC[C@H]2C[C@H](O)C[C@@H](c3cc(OC)c(O)c(O[C@@H]4CC[C@H](CC(=O)N5CCC5)C4)c3)O2)ccc1O. The highest BCUT2D eigenvalue weighted by Gasteiger charge is 2.33. The Balaban J connectivity index is 1.23. The monoisotopic (exact) mass is 555 g/mol. The standard InChI is InChI=1S/C31H41NO8/c1-37-27-13-19(6-9-25(27)34)4-7-24-17-22(33)18-26(39-24)21-15-28(38-2)31(36)29(16-21)40-23-8-5-20(12-23)14-30(35)32-10-3-11-32/h6,9,13,15-16,20,22-24,26,33-34,36H,3-5,7-8,10-12,14,17-18H2,1-2H3/t20-,22-,23+,24-,26-/m0/s1. The van der Waals surface area contributed by atoms with Gasteiger partial charge in [0.2, 0.25) is 11.7 Å². The minimum absolute atomic E-state index is 0.0551. The molecule has 3 fully saturated rings. The number of amides is 1. The predicted molar refractivity (Wildman–Crippen MR) is 148 cm³/mol. The number of rotatable bonds is 10. The van der Waals surface area contributed by atoms with Crippen molar-refractivity contribution in [3.05, 3.63) is 41.5 Å². The van der Waals surface area contributed by atoms with E-state index in [1.165, 1.54) is 14.2 Å². The van der Waals surface area contributed by atoms with Crippen molar-refractivity contribution in [2.45, 2.75) is 82.2 Å². The van der Waals surface area contributed by atoms with Crippen LogP contribution in [0.4, 0.5) is 0 Å². The molecule has 0 spiro atoms. The van der Waals surface area contributed by atoms with Gasteiger partial charge in [-0.25, -0.2) is 0 Å². The number of aliphatic hydroxyl groups excluding tert-OH is 1. The first-order chi connectivity index (χ1) is 19.3. The molecule has 1 amide bonds. The van der Waals surface area contributed by atoms with Gasteiger partial charge in [0.15, 0.2) is 23.0 Å². The third kappa shape index (κ3) is 6.58. The van der Waals surface area contributed by atoms with Gasteiger partial charge in [0.05, 0.1) is 38.6 Å². The Labute approximate surface area is 235 Å². The van der Waals surface area contributed by atoms with E-state index in [9.17, 15) is 20.1 Å². The van der Waals surface area contributed by atoms with Crippen molar-refractivity contribution in [1.29, 1.82) is 0 Å². The molecule has 40 heavy (non-hydrogen) atoms. The molecule has 2 saturated heterocycles. The zero-order valence-corrected chi connectivity index (χ0v) is 23.4. The summed E-state index contributed by atoms with van der Waals surface area (Å²) in [6.45, 7) is 1.74. The number of hydrogen-bond acceptors (Lipinski definition) is 8. The summed E-state index contributed by atoms with van der Waals surface area (Å²) in [4.78, 5) is 14.3. The zero-order valence-electron chi connectivity index (χ0n) is 23.4. The van der Waals surface area contributed by atoms with Crippen LogP contribution in [0.15, 0.2) is 30.3 Å². The molecule has 1 aliphatic carbocycles. The number of methoxy groups -OCH3 is 2. The second-order valence-corrected chi connectivity index (χ2v) is 11.3. The second kappa shape index (κ2) is 12.6. The largest absolute Gasteiger partial charge is 0.504 e. The topological polar surface area (TPSA) is 118 Å². The minimum Gasteiger partial charge on any atom is -0.504 e. The summed E-state index contributed by atoms with van der Waals surface area (Å²) < 4.78 is 23.4. The quantitative estimate of drug-likeness (QED) is 0.392. The first kappa shape index (κ1) is 28.4. The molecule has 2 aromatic carbocycles. The maximum absolute atomic E-state index is 12.4. The number of aliphatic hydroxyl groups is 1. The Morgan fingerprint density at radius 1 is 1.00 bits per heavy atom. The van der Waals surface area contributed by atoms with Crippen LogP contribution in [0, 0.1) is 5.92 Å². The van der Waals surface area contributed by atoms with Crippen LogP contribution in [-0.2, 0) is 16.0 Å². The number of ether oxygens (including phenoxy) is 4. The van der Waals surface area contributed by atoms with E-state index in [1.54, 1.807) is 18.2 Å². The molecule has 2 aromatic rings. The number of likely N-dealkylation sites (tertiary alicyclic amines) is 1. The highest BCUT2D eigenvalue weighted by atomic mass is 16.5. The number of benzene rings is 2. The molecule has 2 aliphatic heterocycles. The third-order valence-electron chi connectivity index (χ3n) is 8.49. The molecule has 0 radical (unpaired) electrons. The summed E-state index contributed by atoms with van der Waals surface area (Å²) in [6.07, 6.45) is 5.37. The minimum atomic E-state index is -0.526. The Bertz CT molecular complexity index is 1180. The molecule has 0 unspecified atom stereocenters. The van der Waals surface area contributed by atoms with Crippen molar-refractivity contribution in [3.63, 3.8) is 0 Å². The highest BCUT2D eigenvalue weighted by molar-refractivity contribution is 5.77. The van der Waals surface area contributed by atoms with E-state index in [0.717, 1.165) is 49.9 Å². The number of aryl methyl sites for hydroxylation is 1. The Morgan fingerprint density at radius 2 is 1.77 bits per heavy atom. The molecule has 2 heterocycles. The van der Waals surface area contributed by atoms with Crippen molar-refractivity contribution in [1.82, 2.24) is 4.90 Å². The lowest BCUT2D eigenvalue weighted by molar-refractivity contribution is -0.135. The lowest BCUT2D eigenvalue weighted by Crippen LogP contribution is -2.42. The van der Waals surface area contributed by atoms with Crippen LogP contribution < -0.4 is 14.2 Å². The lowest BCUT2D eigenvalue weighted by atomic mass is 9.93. The van der Waals surface area contributed by atoms with Gasteiger partial charge in [-0.05, 0) is 86.3 Å². The van der Waals surface area contributed by atoms with E-state index in [2.05, 4.69) is 0 Å². The van der Waals surface area contributed by atoms with Gasteiger partial charge in [0.1, 0.15) is 0 Å². The maximum Gasteiger partial charge on any atom is 0.222 e. The van der Waals surface area contributed by atoms with Crippen LogP contribution in [0.1, 0.15) is 68.6 Å². The first-order valence-corrected chi connectivity index (χ1v) is 14.4. The molecule has 3 aliphatic rings. The summed E-state index contributed by atoms with van der Waals surface area (Å²) in [6, 6.07) is 8.83. The molecule has 5 atom stereocenters. The summed E-state index contributed by atoms with van der Waals surface area (Å²) in [5.74, 6) is 1.63. The Hall–Kier alpha value is -3.17. The number of carbonyl (C=O) groups excluding carboxylic acids is 1. The van der Waals surface area contributed by atoms with Gasteiger partial charge in [0.25, 0.3) is 0 Å². The van der Waals surface area contributed by atoms with Gasteiger partial charge < -0.3 is 39.2 Å². The summed E-state index contributed by atoms with van der Waals surface area (Å²) >= 11 is 0. The average Bonchev–Trinajstić information content (AvgIpc) is 3.34. The fraction of sp³-hybridized carbons (Fsp3) is 0.581. The fourth-order valence-corrected chi connectivity index (χ4v) is 6.07. The lowest BCUT2D eigenvalue weighted by Gasteiger charge is -2.34. The second-order valence-electron chi connectivity index (χ2n) is 11.3. The highest BCUT2D eigenvalue weighted by Crippen LogP contribution is 2.44. The van der Waals surface area contributed by atoms with Gasteiger partial charge in [-0.15, -0.1) is 0 Å². The Kier molecular flexibility index (Phi) is 8.90. The van der Waals surface area contributed by atoms with E-state index < -0.39 is 6.10 Å². The zero-order chi connectivity index (χ0) is 28.2. The van der Waals surface area contributed by atoms with Crippen LogP contribution in [0.3, 0.4) is 0 Å². The van der Waals surface area contributed by atoms with Gasteiger partial charge in [-0.2, -0.15) is 0 Å². The summed E-state index contributed by atoms with van der Waals surface area (Å²) in [5, 5.41) is 31.4. The van der Waals surface area contributed by atoms with Crippen LogP contribution in [-0.4, -0.2) is 71.7 Å². The number of nitrogens with zero attached hydrogens (tertiary/aromatic N) is 1. The Morgan fingerprint density at radius 3 is 2.50 bits per heavy atom. The fourth-order valence-electron chi connectivity index (χ4n) is 6.07. The third-order valence-corrected chi connectivity index (χ3v) is 8.49. The number of aromatic hydroxyl groups is 2. The van der Waals surface area contributed by atoms with Crippen LogP contribution in [0.5, 0.6) is 28.7 Å². The van der Waals surface area contributed by atoms with E-state index >= 15 is 0 Å². The number of hydrogen-bond donors (Lipinski definition) is 3. The van der Waals surface area contributed by atoms with E-state index in [1.807, 2.05) is 17.0 Å². The molecule has 0 bridgehead atoms. The van der Waals surface area contributed by atoms with Crippen LogP contribution in [0.25, 0.3) is 0 Å². The van der Waals surface area contributed by atoms with Crippen LogP contribution in [0.2, 0.25) is 0 Å². The molecule has 5 rings (SSSR count). The molecule has 0 aromatic heterocycles. The molecule has 3 N–H and O–H groups in total. The average molecular weight is 556 g/mol. The van der Waals surface area contributed by atoms with Gasteiger partial charge in [-0.1, -0.05) is 6.07 Å². The summed E-state index contributed by atoms with van der Waals surface area (Å²) in [7, 11) is 3.02. The van der Waals surface area contributed by atoms with Gasteiger partial charge in [0, 0.05) is 25.9 Å². The van der Waals surface area contributed by atoms with Crippen molar-refractivity contribution in [2.75, 3.05) is 27.3 Å². The molecule has 1 saturated carbocycles. The van der Waals surface area contributed by atoms with Crippen molar-refractivity contribution in [2.24, 2.45) is 5.92 Å². The van der Waals surface area contributed by atoms with Gasteiger partial charge >= 0.3 is 0 Å². The normalized spacial score (nSPS) is 26.3. The number of carbonyl (C=O) groups is 1. The maximum atomic E-state index is 12.4.